The molecule has 1 aliphatic rings. The maximum Gasteiger partial charge on any atom is 0.254 e. The van der Waals surface area contributed by atoms with Gasteiger partial charge in [-0.25, -0.2) is 0 Å². The van der Waals surface area contributed by atoms with Crippen LogP contribution in [0.3, 0.4) is 0 Å². The fraction of sp³-hybridized carbons (Fsp3) is 0.303. The lowest BCUT2D eigenvalue weighted by molar-refractivity contribution is 0.0542. The van der Waals surface area contributed by atoms with E-state index in [2.05, 4.69) is 34.1 Å². The van der Waals surface area contributed by atoms with E-state index in [4.69, 9.17) is 13.9 Å². The van der Waals surface area contributed by atoms with Gasteiger partial charge in [0, 0.05) is 43.3 Å². The summed E-state index contributed by atoms with van der Waals surface area (Å²) in [4.78, 5) is 18.3. The van der Waals surface area contributed by atoms with Gasteiger partial charge in [0.05, 0.1) is 26.7 Å². The monoisotopic (exact) mass is 524 g/mol. The van der Waals surface area contributed by atoms with Gasteiger partial charge in [0.2, 0.25) is 0 Å². The van der Waals surface area contributed by atoms with Gasteiger partial charge < -0.3 is 18.8 Å². The summed E-state index contributed by atoms with van der Waals surface area (Å²) < 4.78 is 16.1. The first-order valence-electron chi connectivity index (χ1n) is 13.5. The van der Waals surface area contributed by atoms with Gasteiger partial charge in [-0.15, -0.1) is 0 Å². The van der Waals surface area contributed by atoms with Crippen LogP contribution in [0.4, 0.5) is 0 Å². The van der Waals surface area contributed by atoms with Crippen molar-refractivity contribution in [2.45, 2.75) is 38.9 Å². The Morgan fingerprint density at radius 1 is 0.872 bits per heavy atom. The van der Waals surface area contributed by atoms with E-state index in [0.717, 1.165) is 60.3 Å². The number of nitrogens with zero attached hydrogens (tertiary/aromatic N) is 2. The Hall–Kier alpha value is -4.03. The molecule has 39 heavy (non-hydrogen) atoms. The van der Waals surface area contributed by atoms with Gasteiger partial charge in [0.15, 0.2) is 11.5 Å². The number of hydrogen-bond acceptors (Lipinski definition) is 5. The predicted molar refractivity (Wildman–Crippen MR) is 153 cm³/mol. The van der Waals surface area contributed by atoms with Gasteiger partial charge in [0.1, 0.15) is 0 Å². The van der Waals surface area contributed by atoms with Crippen molar-refractivity contribution in [3.05, 3.63) is 108 Å². The van der Waals surface area contributed by atoms with Crippen LogP contribution in [0, 0.1) is 6.92 Å². The summed E-state index contributed by atoms with van der Waals surface area (Å²) >= 11 is 0. The number of piperidine rings is 1. The molecule has 0 N–H and O–H groups in total. The zero-order valence-electron chi connectivity index (χ0n) is 22.9. The molecule has 6 nitrogen and oxygen atoms in total. The first-order valence-corrected chi connectivity index (χ1v) is 13.5. The maximum atomic E-state index is 13.8. The highest BCUT2D eigenvalue weighted by molar-refractivity contribution is 5.94. The molecule has 0 bridgehead atoms. The molecule has 1 aliphatic heterocycles. The highest BCUT2D eigenvalue weighted by atomic mass is 16.5. The molecule has 3 aromatic carbocycles. The SMILES string of the molecule is COc1ccc(-c2ccc(CN(C(=O)c3ccc(C)cc3)C3CCN(Cc4ccoc4)CC3)cc2)cc1OC. The van der Waals surface area contributed by atoms with E-state index in [0.29, 0.717) is 18.0 Å². The van der Waals surface area contributed by atoms with Crippen molar-refractivity contribution < 1.29 is 18.7 Å². The van der Waals surface area contributed by atoms with Crippen LogP contribution in [0.25, 0.3) is 11.1 Å². The number of methoxy groups -OCH3 is 2. The van der Waals surface area contributed by atoms with Crippen LogP contribution in [-0.2, 0) is 13.1 Å². The van der Waals surface area contributed by atoms with E-state index in [1.807, 2.05) is 61.7 Å². The number of furan rings is 1. The largest absolute Gasteiger partial charge is 0.493 e. The average molecular weight is 525 g/mol. The average Bonchev–Trinajstić information content (AvgIpc) is 3.49. The van der Waals surface area contributed by atoms with Crippen LogP contribution in [0.5, 0.6) is 11.5 Å². The number of amides is 1. The molecule has 2 heterocycles. The van der Waals surface area contributed by atoms with Crippen molar-refractivity contribution in [1.82, 2.24) is 9.80 Å². The third-order valence-electron chi connectivity index (χ3n) is 7.57. The van der Waals surface area contributed by atoms with Gasteiger partial charge in [-0.05, 0) is 66.8 Å². The zero-order valence-corrected chi connectivity index (χ0v) is 22.9. The molecule has 0 atom stereocenters. The Bertz CT molecular complexity index is 1360. The molecule has 6 heteroatoms. The molecule has 5 rings (SSSR count). The van der Waals surface area contributed by atoms with E-state index in [1.54, 1.807) is 20.5 Å². The van der Waals surface area contributed by atoms with Crippen molar-refractivity contribution in [1.29, 1.82) is 0 Å². The number of benzene rings is 3. The van der Waals surface area contributed by atoms with Gasteiger partial charge in [-0.1, -0.05) is 48.0 Å². The lowest BCUT2D eigenvalue weighted by Gasteiger charge is -2.38. The number of ether oxygens (including phenoxy) is 2. The first kappa shape index (κ1) is 26.6. The van der Waals surface area contributed by atoms with Crippen LogP contribution in [-0.4, -0.2) is 49.1 Å². The molecule has 4 aromatic rings. The molecule has 1 saturated heterocycles. The highest BCUT2D eigenvalue weighted by Crippen LogP contribution is 2.32. The number of carbonyl (C=O) groups is 1. The summed E-state index contributed by atoms with van der Waals surface area (Å²) in [6, 6.07) is 24.5. The minimum atomic E-state index is 0.0900. The number of likely N-dealkylation sites (tertiary alicyclic amines) is 1. The van der Waals surface area contributed by atoms with Crippen LogP contribution >= 0.6 is 0 Å². The van der Waals surface area contributed by atoms with E-state index in [-0.39, 0.29) is 11.9 Å². The Morgan fingerprint density at radius 2 is 1.56 bits per heavy atom. The molecule has 0 aliphatic carbocycles. The molecule has 1 amide bonds. The molecule has 0 unspecified atom stereocenters. The molecule has 1 aromatic heterocycles. The van der Waals surface area contributed by atoms with Gasteiger partial charge in [0.25, 0.3) is 5.91 Å². The van der Waals surface area contributed by atoms with Crippen LogP contribution < -0.4 is 9.47 Å². The van der Waals surface area contributed by atoms with Crippen LogP contribution in [0.15, 0.2) is 89.7 Å². The summed E-state index contributed by atoms with van der Waals surface area (Å²) in [6.45, 7) is 5.40. The van der Waals surface area contributed by atoms with Crippen molar-refractivity contribution in [3.8, 4) is 22.6 Å². The minimum Gasteiger partial charge on any atom is -0.493 e. The van der Waals surface area contributed by atoms with Crippen molar-refractivity contribution in [2.24, 2.45) is 0 Å². The van der Waals surface area contributed by atoms with Gasteiger partial charge >= 0.3 is 0 Å². The summed E-state index contributed by atoms with van der Waals surface area (Å²) in [5.41, 5.74) is 6.33. The molecule has 0 radical (unpaired) electrons. The summed E-state index contributed by atoms with van der Waals surface area (Å²) in [7, 11) is 3.28. The number of aryl methyl sites for hydroxylation is 1. The van der Waals surface area contributed by atoms with Crippen LogP contribution in [0.2, 0.25) is 0 Å². The molecular formula is C33H36N2O4. The predicted octanol–water partition coefficient (Wildman–Crippen LogP) is 6.58. The molecule has 202 valence electrons. The normalized spacial score (nSPS) is 14.2. The molecule has 0 spiro atoms. The van der Waals surface area contributed by atoms with Crippen LogP contribution in [0.1, 0.15) is 39.9 Å². The summed E-state index contributed by atoms with van der Waals surface area (Å²) in [5.74, 6) is 1.50. The minimum absolute atomic E-state index is 0.0900. The standard InChI is InChI=1S/C33H36N2O4/c1-24-4-8-28(9-5-24)33(36)35(30-14-17-34(18-15-30)21-26-16-19-39-23-26)22-25-6-10-27(11-7-25)29-12-13-31(37-2)32(20-29)38-3/h4-13,16,19-20,23,30H,14-15,17-18,21-22H2,1-3H3. The first-order chi connectivity index (χ1) is 19.0. The second-order valence-electron chi connectivity index (χ2n) is 10.2. The Kier molecular flexibility index (Phi) is 8.33. The maximum absolute atomic E-state index is 13.8. The van der Waals surface area contributed by atoms with E-state index >= 15 is 0 Å². The quantitative estimate of drug-likeness (QED) is 0.248. The zero-order chi connectivity index (χ0) is 27.2. The third-order valence-corrected chi connectivity index (χ3v) is 7.57. The van der Waals surface area contributed by atoms with Gasteiger partial charge in [-0.3, -0.25) is 9.69 Å². The third kappa shape index (κ3) is 6.35. The lowest BCUT2D eigenvalue weighted by Crippen LogP contribution is -2.46. The second kappa shape index (κ2) is 12.2. The van der Waals surface area contributed by atoms with Crippen molar-refractivity contribution in [3.63, 3.8) is 0 Å². The molecule has 0 saturated carbocycles. The summed E-state index contributed by atoms with van der Waals surface area (Å²) in [6.07, 6.45) is 5.42. The summed E-state index contributed by atoms with van der Waals surface area (Å²) in [5, 5.41) is 0. The fourth-order valence-electron chi connectivity index (χ4n) is 5.27. The number of carbonyl (C=O) groups excluding carboxylic acids is 1. The van der Waals surface area contributed by atoms with E-state index < -0.39 is 0 Å². The van der Waals surface area contributed by atoms with Gasteiger partial charge in [-0.2, -0.15) is 0 Å². The Balaban J connectivity index is 1.33. The smallest absolute Gasteiger partial charge is 0.254 e. The Labute approximate surface area is 230 Å². The number of rotatable bonds is 9. The fourth-order valence-corrected chi connectivity index (χ4v) is 5.27. The van der Waals surface area contributed by atoms with E-state index in [1.165, 1.54) is 5.56 Å². The lowest BCUT2D eigenvalue weighted by atomic mass is 9.99. The van der Waals surface area contributed by atoms with Crippen molar-refractivity contribution in [2.75, 3.05) is 27.3 Å². The van der Waals surface area contributed by atoms with Crippen molar-refractivity contribution >= 4 is 5.91 Å². The van der Waals surface area contributed by atoms with E-state index in [9.17, 15) is 4.79 Å². The Morgan fingerprint density at radius 3 is 2.21 bits per heavy atom. The topological polar surface area (TPSA) is 55.2 Å². The second-order valence-corrected chi connectivity index (χ2v) is 10.2. The number of hydrogen-bond donors (Lipinski definition) is 0. The molecule has 1 fully saturated rings. The molecular weight excluding hydrogens is 488 g/mol. The highest BCUT2D eigenvalue weighted by Gasteiger charge is 2.29.